The molecule has 0 radical (unpaired) electrons. The number of nitrogens with one attached hydrogen (secondary N) is 1. The Hall–Kier alpha value is -2.32. The number of benzene rings is 1. The van der Waals surface area contributed by atoms with Gasteiger partial charge in [-0.15, -0.1) is 0 Å². The van der Waals surface area contributed by atoms with E-state index in [4.69, 9.17) is 4.74 Å². The number of phenolic OH excluding ortho intramolecular Hbond substituents is 1. The molecule has 2 N–H and O–H groups in total. The van der Waals surface area contributed by atoms with Crippen molar-refractivity contribution in [3.8, 4) is 11.8 Å². The number of nitriles is 1. The third-order valence-electron chi connectivity index (χ3n) is 3.70. The first-order valence-corrected chi connectivity index (χ1v) is 7.33. The van der Waals surface area contributed by atoms with Crippen LogP contribution >= 0.6 is 0 Å². The molecule has 0 aliphatic carbocycles. The highest BCUT2D eigenvalue weighted by Gasteiger charge is 2.17. The first-order valence-electron chi connectivity index (χ1n) is 7.33. The van der Waals surface area contributed by atoms with Crippen LogP contribution in [0.5, 0.6) is 5.75 Å². The highest BCUT2D eigenvalue weighted by atomic mass is 16.5. The van der Waals surface area contributed by atoms with Crippen molar-refractivity contribution in [3.63, 3.8) is 0 Å². The molecule has 1 heterocycles. The van der Waals surface area contributed by atoms with Crippen LogP contribution in [0.2, 0.25) is 0 Å². The minimum Gasteiger partial charge on any atom is -0.507 e. The maximum atomic E-state index is 12.1. The van der Waals surface area contributed by atoms with Crippen LogP contribution in [-0.2, 0) is 9.53 Å². The molecule has 0 aromatic heterocycles. The largest absolute Gasteiger partial charge is 0.507 e. The third-order valence-corrected chi connectivity index (χ3v) is 3.70. The first-order chi connectivity index (χ1) is 10.5. The van der Waals surface area contributed by atoms with Gasteiger partial charge < -0.3 is 15.2 Å². The maximum Gasteiger partial charge on any atom is 0.262 e. The fraction of sp³-hybridized carbons (Fsp3) is 0.412. The Morgan fingerprint density at radius 1 is 1.50 bits per heavy atom. The van der Waals surface area contributed by atoms with Crippen molar-refractivity contribution in [2.24, 2.45) is 0 Å². The molecule has 1 aromatic rings. The van der Waals surface area contributed by atoms with E-state index in [1.54, 1.807) is 26.0 Å². The average Bonchev–Trinajstić information content (AvgIpc) is 3.01. The van der Waals surface area contributed by atoms with E-state index in [1.807, 2.05) is 6.07 Å². The summed E-state index contributed by atoms with van der Waals surface area (Å²) in [4.78, 5) is 12.1. The summed E-state index contributed by atoms with van der Waals surface area (Å²) < 4.78 is 5.43. The summed E-state index contributed by atoms with van der Waals surface area (Å²) in [5, 5.41) is 21.7. The van der Waals surface area contributed by atoms with Gasteiger partial charge in [0.05, 0.1) is 6.10 Å². The summed E-state index contributed by atoms with van der Waals surface area (Å²) in [5.74, 6) is -0.167. The van der Waals surface area contributed by atoms with Crippen LogP contribution in [0.15, 0.2) is 17.7 Å². The normalized spacial score (nSPS) is 18.0. The van der Waals surface area contributed by atoms with Crippen LogP contribution in [0.3, 0.4) is 0 Å². The van der Waals surface area contributed by atoms with E-state index >= 15 is 0 Å². The number of nitrogens with zero attached hydrogens (tertiary/aromatic N) is 1. The molecule has 1 saturated heterocycles. The lowest BCUT2D eigenvalue weighted by Crippen LogP contribution is -2.32. The van der Waals surface area contributed by atoms with Gasteiger partial charge in [-0.1, -0.05) is 0 Å². The Bertz CT molecular complexity index is 615. The van der Waals surface area contributed by atoms with Gasteiger partial charge in [-0.2, -0.15) is 5.26 Å². The molecule has 1 aromatic carbocycles. The van der Waals surface area contributed by atoms with Crippen molar-refractivity contribution in [1.82, 2.24) is 5.32 Å². The Kier molecular flexibility index (Phi) is 5.18. The summed E-state index contributed by atoms with van der Waals surface area (Å²) in [7, 11) is 0. The van der Waals surface area contributed by atoms with E-state index in [0.29, 0.717) is 17.7 Å². The van der Waals surface area contributed by atoms with E-state index in [2.05, 4.69) is 5.32 Å². The zero-order chi connectivity index (χ0) is 16.1. The molecule has 116 valence electrons. The number of rotatable bonds is 4. The van der Waals surface area contributed by atoms with Crippen LogP contribution in [0.4, 0.5) is 0 Å². The second-order valence-corrected chi connectivity index (χ2v) is 5.52. The summed E-state index contributed by atoms with van der Waals surface area (Å²) >= 11 is 0. The molecule has 1 fully saturated rings. The molecule has 1 amide bonds. The quantitative estimate of drug-likeness (QED) is 0.660. The van der Waals surface area contributed by atoms with E-state index < -0.39 is 5.91 Å². The number of phenols is 1. The van der Waals surface area contributed by atoms with Gasteiger partial charge >= 0.3 is 0 Å². The molecular weight excluding hydrogens is 280 g/mol. The molecular formula is C17H20N2O3. The number of carbonyl (C=O) groups is 1. The summed E-state index contributed by atoms with van der Waals surface area (Å²) in [6, 6.07) is 5.41. The highest BCUT2D eigenvalue weighted by molar-refractivity contribution is 6.01. The zero-order valence-electron chi connectivity index (χ0n) is 12.8. The number of aryl methyl sites for hydroxylation is 2. The Morgan fingerprint density at radius 2 is 2.18 bits per heavy atom. The lowest BCUT2D eigenvalue weighted by Gasteiger charge is -2.10. The first kappa shape index (κ1) is 16.1. The minimum atomic E-state index is -0.401. The summed E-state index contributed by atoms with van der Waals surface area (Å²) in [5.41, 5.74) is 2.19. The number of ether oxygens (including phenoxy) is 1. The van der Waals surface area contributed by atoms with Gasteiger partial charge in [-0.3, -0.25) is 4.79 Å². The molecule has 0 bridgehead atoms. The highest BCUT2D eigenvalue weighted by Crippen LogP contribution is 2.24. The van der Waals surface area contributed by atoms with E-state index in [9.17, 15) is 15.2 Å². The minimum absolute atomic E-state index is 0.0436. The van der Waals surface area contributed by atoms with Gasteiger partial charge in [0.2, 0.25) is 0 Å². The zero-order valence-corrected chi connectivity index (χ0v) is 12.8. The standard InChI is InChI=1S/C17H20N2O3/c1-11-6-13(7-12(2)16(11)20)8-14(9-18)17(21)19-10-15-4-3-5-22-15/h6-8,15,20H,3-5,10H2,1-2H3,(H,19,21)/b14-8+/t15-/m0/s1. The fourth-order valence-corrected chi connectivity index (χ4v) is 2.50. The monoisotopic (exact) mass is 300 g/mol. The van der Waals surface area contributed by atoms with E-state index in [-0.39, 0.29) is 17.4 Å². The van der Waals surface area contributed by atoms with Crippen molar-refractivity contribution in [3.05, 3.63) is 34.4 Å². The lowest BCUT2D eigenvalue weighted by atomic mass is 10.0. The van der Waals surface area contributed by atoms with E-state index in [1.165, 1.54) is 6.08 Å². The van der Waals surface area contributed by atoms with Crippen LogP contribution in [-0.4, -0.2) is 30.3 Å². The summed E-state index contributed by atoms with van der Waals surface area (Å²) in [6.45, 7) is 4.71. The molecule has 0 unspecified atom stereocenters. The Labute approximate surface area is 130 Å². The topological polar surface area (TPSA) is 82.4 Å². The molecule has 5 heteroatoms. The predicted octanol–water partition coefficient (Wildman–Crippen LogP) is 2.21. The molecule has 22 heavy (non-hydrogen) atoms. The maximum absolute atomic E-state index is 12.1. The fourth-order valence-electron chi connectivity index (χ4n) is 2.50. The third kappa shape index (κ3) is 3.86. The Balaban J connectivity index is 2.09. The van der Waals surface area contributed by atoms with Crippen molar-refractivity contribution in [1.29, 1.82) is 5.26 Å². The molecule has 1 atom stereocenters. The van der Waals surface area contributed by atoms with Gasteiger partial charge in [0.25, 0.3) is 5.91 Å². The van der Waals surface area contributed by atoms with Crippen molar-refractivity contribution in [2.45, 2.75) is 32.8 Å². The number of hydrogen-bond acceptors (Lipinski definition) is 4. The van der Waals surface area contributed by atoms with E-state index in [0.717, 1.165) is 25.0 Å². The summed E-state index contributed by atoms with van der Waals surface area (Å²) in [6.07, 6.45) is 3.52. The predicted molar refractivity (Wildman–Crippen MR) is 83.2 cm³/mol. The van der Waals surface area contributed by atoms with Crippen LogP contribution in [0.25, 0.3) is 6.08 Å². The van der Waals surface area contributed by atoms with Gasteiger partial charge in [0, 0.05) is 13.2 Å². The van der Waals surface area contributed by atoms with Crippen LogP contribution in [0, 0.1) is 25.2 Å². The Morgan fingerprint density at radius 3 is 2.73 bits per heavy atom. The molecule has 5 nitrogen and oxygen atoms in total. The number of carbonyl (C=O) groups excluding carboxylic acids is 1. The smallest absolute Gasteiger partial charge is 0.262 e. The molecule has 0 spiro atoms. The second-order valence-electron chi connectivity index (χ2n) is 5.52. The molecule has 1 aliphatic heterocycles. The van der Waals surface area contributed by atoms with Crippen LogP contribution in [0.1, 0.15) is 29.5 Å². The van der Waals surface area contributed by atoms with Gasteiger partial charge in [0.1, 0.15) is 17.4 Å². The molecule has 2 rings (SSSR count). The number of aromatic hydroxyl groups is 1. The van der Waals surface area contributed by atoms with Crippen molar-refractivity contribution >= 4 is 12.0 Å². The molecule has 1 aliphatic rings. The van der Waals surface area contributed by atoms with Gasteiger partial charge in [0.15, 0.2) is 0 Å². The number of amides is 1. The van der Waals surface area contributed by atoms with Gasteiger partial charge in [-0.05, 0) is 61.6 Å². The van der Waals surface area contributed by atoms with Crippen molar-refractivity contribution in [2.75, 3.05) is 13.2 Å². The van der Waals surface area contributed by atoms with Crippen molar-refractivity contribution < 1.29 is 14.6 Å². The lowest BCUT2D eigenvalue weighted by molar-refractivity contribution is -0.117. The average molecular weight is 300 g/mol. The number of hydrogen-bond donors (Lipinski definition) is 2. The molecule has 0 saturated carbocycles. The SMILES string of the molecule is Cc1cc(/C=C(\C#N)C(=O)NC[C@@H]2CCCO2)cc(C)c1O. The second kappa shape index (κ2) is 7.10. The van der Waals surface area contributed by atoms with Crippen LogP contribution < -0.4 is 5.32 Å². The van der Waals surface area contributed by atoms with Gasteiger partial charge in [-0.25, -0.2) is 0 Å².